The average molecular weight is 300 g/mol. The van der Waals surface area contributed by atoms with Crippen LogP contribution in [0.25, 0.3) is 0 Å². The van der Waals surface area contributed by atoms with E-state index in [4.69, 9.17) is 5.73 Å². The van der Waals surface area contributed by atoms with Crippen LogP contribution < -0.4 is 11.1 Å². The Morgan fingerprint density at radius 1 is 1.53 bits per heavy atom. The molecule has 7 heteroatoms. The van der Waals surface area contributed by atoms with Crippen LogP contribution in [0.1, 0.15) is 23.7 Å². The molecular weight excluding hydrogens is 281 g/mol. The van der Waals surface area contributed by atoms with Gasteiger partial charge in [0.15, 0.2) is 0 Å². The van der Waals surface area contributed by atoms with Crippen molar-refractivity contribution in [3.63, 3.8) is 0 Å². The van der Waals surface area contributed by atoms with E-state index >= 15 is 0 Å². The number of carbonyl (C=O) groups is 1. The van der Waals surface area contributed by atoms with E-state index < -0.39 is 6.04 Å². The number of aryl methyl sites for hydroxylation is 1. The summed E-state index contributed by atoms with van der Waals surface area (Å²) in [6.07, 6.45) is 1.78. The number of thiazole rings is 1. The first kappa shape index (κ1) is 19.0. The Bertz CT molecular complexity index is 344. The highest BCUT2D eigenvalue weighted by Crippen LogP contribution is 2.10. The zero-order valence-corrected chi connectivity index (χ0v) is 12.5. The van der Waals surface area contributed by atoms with Crippen molar-refractivity contribution < 1.29 is 4.79 Å². The maximum absolute atomic E-state index is 11.5. The number of hydrogen-bond donors (Lipinski definition) is 2. The number of nitrogens with zero attached hydrogens (tertiary/aromatic N) is 1. The van der Waals surface area contributed by atoms with Crippen LogP contribution in [-0.4, -0.2) is 16.9 Å². The molecule has 0 aliphatic rings. The van der Waals surface area contributed by atoms with Gasteiger partial charge in [-0.15, -0.1) is 36.2 Å². The van der Waals surface area contributed by atoms with E-state index in [1.165, 1.54) is 0 Å². The number of nitrogens with two attached hydrogens (primary N) is 1. The number of halogens is 2. The molecule has 0 aliphatic heterocycles. The van der Waals surface area contributed by atoms with Crippen molar-refractivity contribution >= 4 is 42.1 Å². The topological polar surface area (TPSA) is 68.0 Å². The van der Waals surface area contributed by atoms with Crippen LogP contribution in [0.15, 0.2) is 6.20 Å². The van der Waals surface area contributed by atoms with Gasteiger partial charge in [-0.1, -0.05) is 13.8 Å². The van der Waals surface area contributed by atoms with E-state index in [2.05, 4.69) is 10.3 Å². The van der Waals surface area contributed by atoms with Gasteiger partial charge in [0.05, 0.1) is 17.6 Å². The van der Waals surface area contributed by atoms with Gasteiger partial charge in [0.1, 0.15) is 0 Å². The van der Waals surface area contributed by atoms with Crippen LogP contribution in [-0.2, 0) is 11.3 Å². The molecule has 1 amide bonds. The summed E-state index contributed by atoms with van der Waals surface area (Å²) in [5.74, 6) is 0.0595. The van der Waals surface area contributed by atoms with Crippen LogP contribution in [0.5, 0.6) is 0 Å². The maximum atomic E-state index is 11.5. The number of amides is 1. The van der Waals surface area contributed by atoms with Gasteiger partial charge in [-0.3, -0.25) is 4.79 Å². The van der Waals surface area contributed by atoms with Crippen molar-refractivity contribution in [3.05, 3.63) is 16.1 Å². The van der Waals surface area contributed by atoms with Crippen molar-refractivity contribution in [2.75, 3.05) is 0 Å². The smallest absolute Gasteiger partial charge is 0.237 e. The zero-order valence-electron chi connectivity index (χ0n) is 10.1. The zero-order chi connectivity index (χ0) is 11.4. The number of carbonyl (C=O) groups excluding carboxylic acids is 1. The number of nitrogens with one attached hydrogen (secondary N) is 1. The lowest BCUT2D eigenvalue weighted by Crippen LogP contribution is -2.43. The quantitative estimate of drug-likeness (QED) is 0.892. The molecule has 17 heavy (non-hydrogen) atoms. The second kappa shape index (κ2) is 8.69. The fourth-order valence-corrected chi connectivity index (χ4v) is 1.82. The summed E-state index contributed by atoms with van der Waals surface area (Å²) in [5, 5.41) is 3.81. The predicted molar refractivity (Wildman–Crippen MR) is 76.0 cm³/mol. The molecule has 100 valence electrons. The van der Waals surface area contributed by atoms with Crippen molar-refractivity contribution in [1.29, 1.82) is 0 Å². The highest BCUT2D eigenvalue weighted by Gasteiger charge is 2.16. The van der Waals surface area contributed by atoms with Gasteiger partial charge in [0.25, 0.3) is 0 Å². The summed E-state index contributed by atoms with van der Waals surface area (Å²) in [6.45, 7) is 6.32. The molecule has 1 heterocycles. The van der Waals surface area contributed by atoms with E-state index in [0.717, 1.165) is 9.88 Å². The van der Waals surface area contributed by atoms with Gasteiger partial charge in [-0.25, -0.2) is 4.98 Å². The van der Waals surface area contributed by atoms with Gasteiger partial charge >= 0.3 is 0 Å². The summed E-state index contributed by atoms with van der Waals surface area (Å²) in [5.41, 5.74) is 5.71. The van der Waals surface area contributed by atoms with Gasteiger partial charge in [-0.2, -0.15) is 0 Å². The lowest BCUT2D eigenvalue weighted by atomic mass is 10.1. The average Bonchev–Trinajstić information content (AvgIpc) is 2.59. The second-order valence-electron chi connectivity index (χ2n) is 3.83. The maximum Gasteiger partial charge on any atom is 0.237 e. The fourth-order valence-electron chi connectivity index (χ4n) is 1.08. The second-order valence-corrected chi connectivity index (χ2v) is 5.15. The van der Waals surface area contributed by atoms with Crippen LogP contribution in [0.4, 0.5) is 0 Å². The van der Waals surface area contributed by atoms with Gasteiger partial charge in [0, 0.05) is 11.1 Å². The van der Waals surface area contributed by atoms with E-state index in [1.807, 2.05) is 20.8 Å². The molecule has 0 saturated carbocycles. The molecule has 1 aromatic rings. The Morgan fingerprint density at radius 3 is 2.53 bits per heavy atom. The van der Waals surface area contributed by atoms with E-state index in [1.54, 1.807) is 17.5 Å². The van der Waals surface area contributed by atoms with Crippen molar-refractivity contribution in [2.45, 2.75) is 33.4 Å². The van der Waals surface area contributed by atoms with Crippen LogP contribution in [0.2, 0.25) is 0 Å². The predicted octanol–water partition coefficient (Wildman–Crippen LogP) is 1.89. The Labute approximate surface area is 118 Å². The van der Waals surface area contributed by atoms with Crippen molar-refractivity contribution in [3.8, 4) is 0 Å². The molecule has 0 saturated heterocycles. The molecule has 4 nitrogen and oxygen atoms in total. The monoisotopic (exact) mass is 299 g/mol. The Balaban J connectivity index is 0. The molecule has 3 N–H and O–H groups in total. The third kappa shape index (κ3) is 6.21. The Hall–Kier alpha value is -0.360. The Kier molecular flexibility index (Phi) is 9.71. The van der Waals surface area contributed by atoms with Crippen molar-refractivity contribution in [2.24, 2.45) is 11.7 Å². The fraction of sp³-hybridized carbons (Fsp3) is 0.600. The molecule has 0 spiro atoms. The number of rotatable bonds is 4. The van der Waals surface area contributed by atoms with Gasteiger partial charge in [0.2, 0.25) is 5.91 Å². The van der Waals surface area contributed by atoms with Gasteiger partial charge < -0.3 is 11.1 Å². The SMILES string of the molecule is Cc1ncc(CNC(=O)[C@@H](N)C(C)C)s1.Cl.Cl. The summed E-state index contributed by atoms with van der Waals surface area (Å²) < 4.78 is 0. The van der Waals surface area contributed by atoms with E-state index in [-0.39, 0.29) is 36.6 Å². The largest absolute Gasteiger partial charge is 0.350 e. The molecule has 0 aliphatic carbocycles. The summed E-state index contributed by atoms with van der Waals surface area (Å²) in [4.78, 5) is 16.7. The minimum Gasteiger partial charge on any atom is -0.350 e. The third-order valence-corrected chi connectivity index (χ3v) is 3.04. The highest BCUT2D eigenvalue weighted by molar-refractivity contribution is 7.11. The standard InChI is InChI=1S/C10H17N3OS.2ClH/c1-6(2)9(11)10(14)13-5-8-4-12-7(3)15-8;;/h4,6,9H,5,11H2,1-3H3,(H,13,14);2*1H/t9-;;/m0../s1. The molecule has 0 fully saturated rings. The summed E-state index contributed by atoms with van der Waals surface area (Å²) in [6, 6.07) is -0.431. The number of aromatic nitrogens is 1. The van der Waals surface area contributed by atoms with E-state index in [0.29, 0.717) is 6.54 Å². The van der Waals surface area contributed by atoms with Crippen LogP contribution >= 0.6 is 36.2 Å². The third-order valence-electron chi connectivity index (χ3n) is 2.13. The normalized spacial score (nSPS) is 11.4. The molecule has 0 radical (unpaired) electrons. The first-order chi connectivity index (χ1) is 7.00. The molecule has 0 aromatic carbocycles. The minimum atomic E-state index is -0.431. The molecular formula is C10H19Cl2N3OS. The van der Waals surface area contributed by atoms with Crippen LogP contribution in [0.3, 0.4) is 0 Å². The Morgan fingerprint density at radius 2 is 2.12 bits per heavy atom. The van der Waals surface area contributed by atoms with Crippen molar-refractivity contribution in [1.82, 2.24) is 10.3 Å². The summed E-state index contributed by atoms with van der Waals surface area (Å²) in [7, 11) is 0. The highest BCUT2D eigenvalue weighted by atomic mass is 35.5. The first-order valence-corrected chi connectivity index (χ1v) is 5.77. The van der Waals surface area contributed by atoms with E-state index in [9.17, 15) is 4.79 Å². The lowest BCUT2D eigenvalue weighted by Gasteiger charge is -2.14. The number of hydrogen-bond acceptors (Lipinski definition) is 4. The van der Waals surface area contributed by atoms with Crippen LogP contribution in [0, 0.1) is 12.8 Å². The minimum absolute atomic E-state index is 0. The summed E-state index contributed by atoms with van der Waals surface area (Å²) >= 11 is 1.58. The van der Waals surface area contributed by atoms with Gasteiger partial charge in [-0.05, 0) is 12.8 Å². The first-order valence-electron chi connectivity index (χ1n) is 4.95. The molecule has 0 bridgehead atoms. The molecule has 1 atom stereocenters. The lowest BCUT2D eigenvalue weighted by molar-refractivity contribution is -0.123. The molecule has 1 aromatic heterocycles. The molecule has 0 unspecified atom stereocenters. The molecule has 1 rings (SSSR count).